The number of Topliss-reactive ketones (excluding diaryl/α,β-unsaturated/α-hetero) is 1. The average molecular weight is 395 g/mol. The van der Waals surface area contributed by atoms with Crippen LogP contribution in [-0.4, -0.2) is 61.9 Å². The molecule has 1 fully saturated rings. The van der Waals surface area contributed by atoms with Crippen molar-refractivity contribution in [2.45, 2.75) is 6.92 Å². The van der Waals surface area contributed by atoms with Gasteiger partial charge in [0.1, 0.15) is 0 Å². The minimum Gasteiger partial charge on any atom is -0.379 e. The van der Waals surface area contributed by atoms with Gasteiger partial charge in [-0.2, -0.15) is 0 Å². The number of nitrogens with zero attached hydrogens (tertiary/aromatic N) is 1. The first kappa shape index (κ1) is 20.7. The Morgan fingerprint density at radius 3 is 2.24 bits per heavy atom. The standard InChI is InChI=1S/C22H25N3O4/c1-16(26)19-3-2-4-20(15-19)24-22(28)18-7-5-17(6-8-18)21(27)23-9-10-25-11-13-29-14-12-25/h2-8,15H,9-14H2,1H3,(H,23,27)(H,24,28). The van der Waals surface area contributed by atoms with E-state index >= 15 is 0 Å². The van der Waals surface area contributed by atoms with Gasteiger partial charge in [0.05, 0.1) is 13.2 Å². The maximum atomic E-state index is 12.4. The summed E-state index contributed by atoms with van der Waals surface area (Å²) in [6.45, 7) is 6.06. The first-order valence-corrected chi connectivity index (χ1v) is 9.63. The molecule has 0 radical (unpaired) electrons. The lowest BCUT2D eigenvalue weighted by Gasteiger charge is -2.26. The molecular weight excluding hydrogens is 370 g/mol. The van der Waals surface area contributed by atoms with Crippen molar-refractivity contribution in [3.05, 3.63) is 65.2 Å². The summed E-state index contributed by atoms with van der Waals surface area (Å²) in [5, 5.41) is 5.66. The van der Waals surface area contributed by atoms with Crippen LogP contribution >= 0.6 is 0 Å². The van der Waals surface area contributed by atoms with Crippen molar-refractivity contribution in [1.82, 2.24) is 10.2 Å². The smallest absolute Gasteiger partial charge is 0.255 e. The average Bonchev–Trinajstić information content (AvgIpc) is 2.74. The molecule has 0 spiro atoms. The highest BCUT2D eigenvalue weighted by Gasteiger charge is 2.12. The quantitative estimate of drug-likeness (QED) is 0.702. The molecule has 1 aliphatic heterocycles. The van der Waals surface area contributed by atoms with Gasteiger partial charge in [-0.1, -0.05) is 12.1 Å². The van der Waals surface area contributed by atoms with E-state index in [4.69, 9.17) is 4.74 Å². The van der Waals surface area contributed by atoms with Gasteiger partial charge in [-0.05, 0) is 43.3 Å². The van der Waals surface area contributed by atoms with Crippen LogP contribution in [-0.2, 0) is 4.74 Å². The van der Waals surface area contributed by atoms with E-state index in [1.165, 1.54) is 6.92 Å². The molecule has 2 N–H and O–H groups in total. The van der Waals surface area contributed by atoms with Crippen LogP contribution in [0.4, 0.5) is 5.69 Å². The number of amides is 2. The van der Waals surface area contributed by atoms with E-state index in [2.05, 4.69) is 15.5 Å². The van der Waals surface area contributed by atoms with E-state index in [9.17, 15) is 14.4 Å². The summed E-state index contributed by atoms with van der Waals surface area (Å²) < 4.78 is 5.30. The Morgan fingerprint density at radius 1 is 0.931 bits per heavy atom. The summed E-state index contributed by atoms with van der Waals surface area (Å²) in [5.41, 5.74) is 2.02. The highest BCUT2D eigenvalue weighted by Crippen LogP contribution is 2.13. The molecular formula is C22H25N3O4. The number of carbonyl (C=O) groups is 3. The number of hydrogen-bond donors (Lipinski definition) is 2. The molecule has 2 aromatic carbocycles. The van der Waals surface area contributed by atoms with Gasteiger partial charge in [-0.3, -0.25) is 19.3 Å². The Morgan fingerprint density at radius 2 is 1.59 bits per heavy atom. The zero-order valence-corrected chi connectivity index (χ0v) is 16.4. The summed E-state index contributed by atoms with van der Waals surface area (Å²) in [5.74, 6) is -0.533. The molecule has 1 saturated heterocycles. The van der Waals surface area contributed by atoms with Gasteiger partial charge in [-0.25, -0.2) is 0 Å². The van der Waals surface area contributed by atoms with Crippen molar-refractivity contribution in [3.63, 3.8) is 0 Å². The van der Waals surface area contributed by atoms with Crippen LogP contribution in [0, 0.1) is 0 Å². The molecule has 29 heavy (non-hydrogen) atoms. The lowest BCUT2D eigenvalue weighted by molar-refractivity contribution is 0.0383. The van der Waals surface area contributed by atoms with Gasteiger partial charge in [0, 0.05) is 48.6 Å². The third-order valence-electron chi connectivity index (χ3n) is 4.75. The molecule has 0 aromatic heterocycles. The number of benzene rings is 2. The van der Waals surface area contributed by atoms with E-state index in [1.807, 2.05) is 0 Å². The number of morpholine rings is 1. The normalized spacial score (nSPS) is 14.2. The summed E-state index contributed by atoms with van der Waals surface area (Å²) in [7, 11) is 0. The zero-order chi connectivity index (χ0) is 20.6. The molecule has 0 bridgehead atoms. The van der Waals surface area contributed by atoms with Crippen molar-refractivity contribution >= 4 is 23.3 Å². The lowest BCUT2D eigenvalue weighted by Crippen LogP contribution is -2.41. The maximum Gasteiger partial charge on any atom is 0.255 e. The van der Waals surface area contributed by atoms with Gasteiger partial charge < -0.3 is 15.4 Å². The van der Waals surface area contributed by atoms with E-state index in [0.717, 1.165) is 32.8 Å². The van der Waals surface area contributed by atoms with Crippen molar-refractivity contribution in [3.8, 4) is 0 Å². The van der Waals surface area contributed by atoms with Crippen molar-refractivity contribution in [2.24, 2.45) is 0 Å². The van der Waals surface area contributed by atoms with E-state index < -0.39 is 0 Å². The van der Waals surface area contributed by atoms with Crippen LogP contribution in [0.2, 0.25) is 0 Å². The first-order valence-electron chi connectivity index (χ1n) is 9.63. The summed E-state index contributed by atoms with van der Waals surface area (Å²) >= 11 is 0. The van der Waals surface area contributed by atoms with Crippen LogP contribution in [0.1, 0.15) is 38.0 Å². The second-order valence-electron chi connectivity index (χ2n) is 6.88. The van der Waals surface area contributed by atoms with Crippen LogP contribution in [0.15, 0.2) is 48.5 Å². The Balaban J connectivity index is 1.52. The van der Waals surface area contributed by atoms with Gasteiger partial charge >= 0.3 is 0 Å². The molecule has 2 amide bonds. The Kier molecular flexibility index (Phi) is 7.10. The number of nitrogens with one attached hydrogen (secondary N) is 2. The molecule has 0 aliphatic carbocycles. The number of hydrogen-bond acceptors (Lipinski definition) is 5. The number of rotatable bonds is 7. The number of ether oxygens (including phenoxy) is 1. The Labute approximate surface area is 170 Å². The minimum absolute atomic E-state index is 0.0647. The number of carbonyl (C=O) groups excluding carboxylic acids is 3. The third kappa shape index (κ3) is 5.97. The fourth-order valence-electron chi connectivity index (χ4n) is 3.05. The lowest BCUT2D eigenvalue weighted by atomic mass is 10.1. The van der Waals surface area contributed by atoms with Crippen molar-refractivity contribution in [1.29, 1.82) is 0 Å². The molecule has 0 unspecified atom stereocenters. The molecule has 0 atom stereocenters. The van der Waals surface area contributed by atoms with Gasteiger partial charge in [0.25, 0.3) is 11.8 Å². The second kappa shape index (κ2) is 9.95. The van der Waals surface area contributed by atoms with E-state index in [0.29, 0.717) is 28.9 Å². The first-order chi connectivity index (χ1) is 14.0. The van der Waals surface area contributed by atoms with Crippen LogP contribution in [0.3, 0.4) is 0 Å². The molecule has 1 heterocycles. The fourth-order valence-corrected chi connectivity index (χ4v) is 3.05. The molecule has 7 nitrogen and oxygen atoms in total. The zero-order valence-electron chi connectivity index (χ0n) is 16.4. The van der Waals surface area contributed by atoms with Crippen molar-refractivity contribution in [2.75, 3.05) is 44.7 Å². The summed E-state index contributed by atoms with van der Waals surface area (Å²) in [4.78, 5) is 38.4. The second-order valence-corrected chi connectivity index (χ2v) is 6.88. The number of anilines is 1. The van der Waals surface area contributed by atoms with Gasteiger partial charge in [0.15, 0.2) is 5.78 Å². The molecule has 2 aromatic rings. The molecule has 3 rings (SSSR count). The van der Waals surface area contributed by atoms with Crippen molar-refractivity contribution < 1.29 is 19.1 Å². The molecule has 1 aliphatic rings. The highest BCUT2D eigenvalue weighted by atomic mass is 16.5. The van der Waals surface area contributed by atoms with Crippen LogP contribution in [0.5, 0.6) is 0 Å². The maximum absolute atomic E-state index is 12.4. The number of ketones is 1. The molecule has 152 valence electrons. The minimum atomic E-state index is -0.301. The van der Waals surface area contributed by atoms with Crippen LogP contribution in [0.25, 0.3) is 0 Å². The predicted octanol–water partition coefficient (Wildman–Crippen LogP) is 2.20. The predicted molar refractivity (Wildman–Crippen MR) is 110 cm³/mol. The summed E-state index contributed by atoms with van der Waals surface area (Å²) in [6.07, 6.45) is 0. The Hall–Kier alpha value is -3.03. The highest BCUT2D eigenvalue weighted by molar-refractivity contribution is 6.05. The SMILES string of the molecule is CC(=O)c1cccc(NC(=O)c2ccc(C(=O)NCCN3CCOCC3)cc2)c1. The summed E-state index contributed by atoms with van der Waals surface area (Å²) in [6, 6.07) is 13.3. The third-order valence-corrected chi connectivity index (χ3v) is 4.75. The largest absolute Gasteiger partial charge is 0.379 e. The van der Waals surface area contributed by atoms with Gasteiger partial charge in [0.2, 0.25) is 0 Å². The van der Waals surface area contributed by atoms with Crippen LogP contribution < -0.4 is 10.6 Å². The molecule has 7 heteroatoms. The Bertz CT molecular complexity index is 874. The monoisotopic (exact) mass is 395 g/mol. The van der Waals surface area contributed by atoms with E-state index in [-0.39, 0.29) is 17.6 Å². The fraction of sp³-hybridized carbons (Fsp3) is 0.318. The molecule has 0 saturated carbocycles. The van der Waals surface area contributed by atoms with Gasteiger partial charge in [-0.15, -0.1) is 0 Å². The topological polar surface area (TPSA) is 87.7 Å². The van der Waals surface area contributed by atoms with E-state index in [1.54, 1.807) is 48.5 Å².